The van der Waals surface area contributed by atoms with Gasteiger partial charge < -0.3 is 5.11 Å². The number of rotatable bonds is 1. The molecule has 1 aliphatic rings. The minimum Gasteiger partial charge on any atom is -0.394 e. The minimum atomic E-state index is -0.123. The Bertz CT molecular complexity index is 115. The van der Waals surface area contributed by atoms with Crippen LogP contribution in [0.15, 0.2) is 0 Å². The van der Waals surface area contributed by atoms with Crippen LogP contribution in [0.1, 0.15) is 6.42 Å². The fraction of sp³-hybridized carbons (Fsp3) is 0.750. The van der Waals surface area contributed by atoms with Crippen LogP contribution in [-0.4, -0.2) is 28.7 Å². The summed E-state index contributed by atoms with van der Waals surface area (Å²) in [5.74, 6) is 5.01. The molecule has 0 aromatic heterocycles. The second-order valence-electron chi connectivity index (χ2n) is 1.84. The van der Waals surface area contributed by atoms with Crippen molar-refractivity contribution in [3.63, 3.8) is 0 Å². The number of amides is 1. The van der Waals surface area contributed by atoms with Crippen molar-refractivity contribution in [2.75, 3.05) is 6.61 Å². The maximum absolute atomic E-state index is 10.3. The SMILES string of the molecule is NN1C(=O)C[C@H]1CO. The quantitative estimate of drug-likeness (QED) is 0.248. The van der Waals surface area contributed by atoms with E-state index in [1.807, 2.05) is 0 Å². The smallest absolute Gasteiger partial charge is 0.239 e. The molecule has 4 heteroatoms. The summed E-state index contributed by atoms with van der Waals surface area (Å²) in [4.78, 5) is 10.3. The Balaban J connectivity index is 2.35. The fourth-order valence-corrected chi connectivity index (χ4v) is 0.649. The van der Waals surface area contributed by atoms with Crippen molar-refractivity contribution in [1.82, 2.24) is 5.01 Å². The summed E-state index contributed by atoms with van der Waals surface area (Å²) in [6, 6.07) is -0.123. The molecule has 0 bridgehead atoms. The van der Waals surface area contributed by atoms with E-state index in [2.05, 4.69) is 0 Å². The van der Waals surface area contributed by atoms with Gasteiger partial charge in [-0.15, -0.1) is 0 Å². The maximum Gasteiger partial charge on any atom is 0.239 e. The Hall–Kier alpha value is -0.610. The van der Waals surface area contributed by atoms with Gasteiger partial charge in [0.2, 0.25) is 5.91 Å². The number of hydrazine groups is 1. The van der Waals surface area contributed by atoms with Crippen LogP contribution in [-0.2, 0) is 4.79 Å². The van der Waals surface area contributed by atoms with Gasteiger partial charge in [-0.1, -0.05) is 0 Å². The summed E-state index contributed by atoms with van der Waals surface area (Å²) in [5, 5.41) is 9.46. The van der Waals surface area contributed by atoms with Crippen molar-refractivity contribution in [3.8, 4) is 0 Å². The molecule has 0 radical (unpaired) electrons. The molecule has 1 fully saturated rings. The van der Waals surface area contributed by atoms with Gasteiger partial charge in [0, 0.05) is 0 Å². The summed E-state index contributed by atoms with van der Waals surface area (Å²) in [7, 11) is 0. The number of hydrogen-bond donors (Lipinski definition) is 2. The van der Waals surface area contributed by atoms with E-state index in [1.54, 1.807) is 0 Å². The second-order valence-corrected chi connectivity index (χ2v) is 1.84. The molecule has 8 heavy (non-hydrogen) atoms. The lowest BCUT2D eigenvalue weighted by molar-refractivity contribution is -0.148. The van der Waals surface area contributed by atoms with E-state index < -0.39 is 0 Å². The monoisotopic (exact) mass is 116 g/mol. The predicted octanol–water partition coefficient (Wildman–Crippen LogP) is -1.55. The summed E-state index contributed by atoms with van der Waals surface area (Å²) in [6.45, 7) is -0.0256. The molecule has 0 unspecified atom stereocenters. The first-order chi connectivity index (χ1) is 3.75. The average molecular weight is 116 g/mol. The molecular formula is C4H8N2O2. The third-order valence-electron chi connectivity index (χ3n) is 1.30. The molecule has 4 nitrogen and oxygen atoms in total. The van der Waals surface area contributed by atoms with Crippen LogP contribution in [0.4, 0.5) is 0 Å². The van der Waals surface area contributed by atoms with E-state index in [0.29, 0.717) is 6.42 Å². The van der Waals surface area contributed by atoms with Gasteiger partial charge in [0.1, 0.15) is 0 Å². The molecule has 46 valence electrons. The van der Waals surface area contributed by atoms with E-state index in [4.69, 9.17) is 10.9 Å². The summed E-state index contributed by atoms with van der Waals surface area (Å²) in [5.41, 5.74) is 0. The van der Waals surface area contributed by atoms with Crippen molar-refractivity contribution < 1.29 is 9.90 Å². The topological polar surface area (TPSA) is 66.6 Å². The molecule has 0 aromatic carbocycles. The zero-order chi connectivity index (χ0) is 6.15. The van der Waals surface area contributed by atoms with Gasteiger partial charge in [0.15, 0.2) is 0 Å². The Labute approximate surface area is 46.9 Å². The van der Waals surface area contributed by atoms with Gasteiger partial charge in [-0.2, -0.15) is 0 Å². The average Bonchev–Trinajstić information content (AvgIpc) is 1.81. The molecule has 1 rings (SSSR count). The number of nitrogens with two attached hydrogens (primary N) is 1. The van der Waals surface area contributed by atoms with Crippen molar-refractivity contribution in [3.05, 3.63) is 0 Å². The molecule has 1 saturated heterocycles. The Morgan fingerprint density at radius 1 is 2.00 bits per heavy atom. The number of β-lactam (4-membered cyclic amide) rings is 1. The zero-order valence-corrected chi connectivity index (χ0v) is 4.37. The molecule has 0 saturated carbocycles. The van der Waals surface area contributed by atoms with Crippen LogP contribution < -0.4 is 5.84 Å². The standard InChI is InChI=1S/C4H8N2O2/c5-6-3(2-7)1-4(6)8/h3,7H,1-2,5H2/t3-/m0/s1. The first-order valence-corrected chi connectivity index (χ1v) is 2.43. The van der Waals surface area contributed by atoms with E-state index in [9.17, 15) is 4.79 Å². The number of carbonyl (C=O) groups excluding carboxylic acids is 1. The van der Waals surface area contributed by atoms with Gasteiger partial charge in [-0.3, -0.25) is 9.80 Å². The van der Waals surface area contributed by atoms with Gasteiger partial charge in [-0.25, -0.2) is 5.84 Å². The Morgan fingerprint density at radius 3 is 2.75 bits per heavy atom. The molecule has 3 N–H and O–H groups in total. The lowest BCUT2D eigenvalue weighted by Gasteiger charge is -2.34. The number of hydrogen-bond acceptors (Lipinski definition) is 3. The molecule has 0 spiro atoms. The van der Waals surface area contributed by atoms with Crippen LogP contribution in [0.5, 0.6) is 0 Å². The zero-order valence-electron chi connectivity index (χ0n) is 4.37. The number of carbonyl (C=O) groups is 1. The van der Waals surface area contributed by atoms with Crippen LogP contribution in [0, 0.1) is 0 Å². The Morgan fingerprint density at radius 2 is 2.62 bits per heavy atom. The van der Waals surface area contributed by atoms with Crippen LogP contribution >= 0.6 is 0 Å². The van der Waals surface area contributed by atoms with Crippen LogP contribution in [0.2, 0.25) is 0 Å². The van der Waals surface area contributed by atoms with E-state index in [1.165, 1.54) is 0 Å². The summed E-state index contributed by atoms with van der Waals surface area (Å²) in [6.07, 6.45) is 0.396. The number of aliphatic hydroxyl groups excluding tert-OH is 1. The van der Waals surface area contributed by atoms with Crippen molar-refractivity contribution in [2.24, 2.45) is 5.84 Å². The van der Waals surface area contributed by atoms with Crippen molar-refractivity contribution >= 4 is 5.91 Å². The van der Waals surface area contributed by atoms with Crippen LogP contribution in [0.25, 0.3) is 0 Å². The lowest BCUT2D eigenvalue weighted by atomic mass is 10.1. The number of nitrogens with zero attached hydrogens (tertiary/aromatic N) is 1. The van der Waals surface area contributed by atoms with E-state index in [-0.39, 0.29) is 18.6 Å². The Kier molecular flexibility index (Phi) is 1.19. The number of aliphatic hydroxyl groups is 1. The van der Waals surface area contributed by atoms with Gasteiger partial charge in [0.25, 0.3) is 0 Å². The molecule has 0 aliphatic carbocycles. The highest BCUT2D eigenvalue weighted by atomic mass is 16.3. The third-order valence-corrected chi connectivity index (χ3v) is 1.30. The molecule has 1 amide bonds. The first-order valence-electron chi connectivity index (χ1n) is 2.43. The third kappa shape index (κ3) is 0.579. The van der Waals surface area contributed by atoms with Crippen molar-refractivity contribution in [2.45, 2.75) is 12.5 Å². The predicted molar refractivity (Wildman–Crippen MR) is 26.5 cm³/mol. The molecule has 1 heterocycles. The highest BCUT2D eigenvalue weighted by molar-refractivity contribution is 5.82. The molecule has 0 aromatic rings. The van der Waals surface area contributed by atoms with Gasteiger partial charge in [-0.05, 0) is 0 Å². The lowest BCUT2D eigenvalue weighted by Crippen LogP contribution is -2.58. The molecular weight excluding hydrogens is 108 g/mol. The second kappa shape index (κ2) is 1.72. The van der Waals surface area contributed by atoms with Crippen molar-refractivity contribution in [1.29, 1.82) is 0 Å². The van der Waals surface area contributed by atoms with E-state index in [0.717, 1.165) is 5.01 Å². The largest absolute Gasteiger partial charge is 0.394 e. The normalized spacial score (nSPS) is 28.0. The van der Waals surface area contributed by atoms with Gasteiger partial charge >= 0.3 is 0 Å². The van der Waals surface area contributed by atoms with E-state index >= 15 is 0 Å². The molecule has 1 aliphatic heterocycles. The summed E-state index contributed by atoms with van der Waals surface area (Å²) < 4.78 is 0. The van der Waals surface area contributed by atoms with Crippen LogP contribution in [0.3, 0.4) is 0 Å². The highest BCUT2D eigenvalue weighted by Gasteiger charge is 2.32. The molecule has 1 atom stereocenters. The minimum absolute atomic E-state index is 0.0256. The first kappa shape index (κ1) is 5.53. The van der Waals surface area contributed by atoms with Gasteiger partial charge in [0.05, 0.1) is 19.1 Å². The fourth-order valence-electron chi connectivity index (χ4n) is 0.649. The highest BCUT2D eigenvalue weighted by Crippen LogP contribution is 2.12. The summed E-state index contributed by atoms with van der Waals surface area (Å²) >= 11 is 0. The maximum atomic E-state index is 10.3.